The number of ether oxygens (including phenoxy) is 1. The first-order chi connectivity index (χ1) is 11.8. The van der Waals surface area contributed by atoms with E-state index in [0.717, 1.165) is 5.56 Å². The summed E-state index contributed by atoms with van der Waals surface area (Å²) in [4.78, 5) is 12.1. The Labute approximate surface area is 150 Å². The third-order valence-corrected chi connectivity index (χ3v) is 5.57. The Balaban J connectivity index is 2.75. The molecule has 140 valence electrons. The molecule has 0 aliphatic rings. The molecule has 0 unspecified atom stereocenters. The van der Waals surface area contributed by atoms with Gasteiger partial charge in [0.15, 0.2) is 0 Å². The van der Waals surface area contributed by atoms with Crippen molar-refractivity contribution in [2.75, 3.05) is 26.0 Å². The fourth-order valence-electron chi connectivity index (χ4n) is 2.52. The highest BCUT2D eigenvalue weighted by Crippen LogP contribution is 2.17. The van der Waals surface area contributed by atoms with E-state index >= 15 is 0 Å². The summed E-state index contributed by atoms with van der Waals surface area (Å²) in [6.07, 6.45) is 1.48. The maximum Gasteiger partial charge on any atom is 0.324 e. The van der Waals surface area contributed by atoms with Crippen LogP contribution in [0.25, 0.3) is 0 Å². The molecule has 1 N–H and O–H groups in total. The van der Waals surface area contributed by atoms with Crippen molar-refractivity contribution in [3.8, 4) is 0 Å². The van der Waals surface area contributed by atoms with Gasteiger partial charge in [-0.2, -0.15) is 4.31 Å². The Morgan fingerprint density at radius 1 is 1.32 bits per heavy atom. The number of hydrogen-bond acceptors (Lipinski definition) is 5. The number of nitrogens with zero attached hydrogens (tertiary/aromatic N) is 1. The molecular weight excluding hydrogens is 340 g/mol. The second-order valence-electron chi connectivity index (χ2n) is 6.05. The van der Waals surface area contributed by atoms with Gasteiger partial charge < -0.3 is 10.1 Å². The molecule has 0 saturated carbocycles. The molecule has 0 radical (unpaired) electrons. The molecule has 6 nitrogen and oxygen atoms in total. The van der Waals surface area contributed by atoms with Crippen LogP contribution in [0.2, 0.25) is 0 Å². The van der Waals surface area contributed by atoms with Crippen molar-refractivity contribution < 1.29 is 17.9 Å². The van der Waals surface area contributed by atoms with Crippen LogP contribution in [0.5, 0.6) is 0 Å². The van der Waals surface area contributed by atoms with E-state index in [-0.39, 0.29) is 24.8 Å². The quantitative estimate of drug-likeness (QED) is 0.366. The highest BCUT2D eigenvalue weighted by Gasteiger charge is 2.36. The lowest BCUT2D eigenvalue weighted by Crippen LogP contribution is -2.50. The van der Waals surface area contributed by atoms with Crippen molar-refractivity contribution in [2.45, 2.75) is 26.4 Å². The molecule has 0 saturated heterocycles. The van der Waals surface area contributed by atoms with Crippen LogP contribution in [0.3, 0.4) is 0 Å². The highest BCUT2D eigenvalue weighted by atomic mass is 32.2. The van der Waals surface area contributed by atoms with Gasteiger partial charge in [0.25, 0.3) is 0 Å². The third kappa shape index (κ3) is 6.61. The van der Waals surface area contributed by atoms with Crippen molar-refractivity contribution in [1.29, 1.82) is 0 Å². The molecule has 7 heteroatoms. The van der Waals surface area contributed by atoms with Gasteiger partial charge in [-0.1, -0.05) is 50.3 Å². The zero-order valence-corrected chi connectivity index (χ0v) is 16.0. The number of nitrogens with one attached hydrogen (secondary N) is 1. The zero-order valence-electron chi connectivity index (χ0n) is 15.1. The van der Waals surface area contributed by atoms with Crippen LogP contribution in [0, 0.1) is 5.92 Å². The average Bonchev–Trinajstić information content (AvgIpc) is 2.58. The summed E-state index contributed by atoms with van der Waals surface area (Å²) in [5.41, 5.74) is 1.08. The topological polar surface area (TPSA) is 75.7 Å². The molecule has 0 heterocycles. The van der Waals surface area contributed by atoms with Crippen molar-refractivity contribution in [3.05, 3.63) is 48.6 Å². The van der Waals surface area contributed by atoms with Crippen LogP contribution < -0.4 is 5.32 Å². The summed E-state index contributed by atoms with van der Waals surface area (Å²) in [7, 11) is -2.38. The molecular formula is C18H28N2O4S. The van der Waals surface area contributed by atoms with Crippen LogP contribution >= 0.6 is 0 Å². The standard InChI is InChI=1S/C18H28N2O4S/c1-5-12-20(17(15(2)3)18(21)24-4)25(22,23)13-11-19-14-16-9-7-6-8-10-16/h5-10,15,17,19H,1,11-14H2,2-4H3/t17-/m0/s1. The smallest absolute Gasteiger partial charge is 0.324 e. The van der Waals surface area contributed by atoms with Crippen molar-refractivity contribution >= 4 is 16.0 Å². The van der Waals surface area contributed by atoms with Crippen LogP contribution in [0.4, 0.5) is 0 Å². The molecule has 0 spiro atoms. The van der Waals surface area contributed by atoms with Gasteiger partial charge in [-0.25, -0.2) is 8.42 Å². The number of carbonyl (C=O) groups excluding carboxylic acids is 1. The molecule has 0 aromatic heterocycles. The molecule has 0 fully saturated rings. The SMILES string of the molecule is C=CCN([C@H](C(=O)OC)C(C)C)S(=O)(=O)CCNCc1ccccc1. The molecule has 25 heavy (non-hydrogen) atoms. The first-order valence-corrected chi connectivity index (χ1v) is 9.87. The lowest BCUT2D eigenvalue weighted by atomic mass is 10.0. The molecule has 1 rings (SSSR count). The first kappa shape index (κ1) is 21.3. The van der Waals surface area contributed by atoms with Gasteiger partial charge in [-0.05, 0) is 11.5 Å². The number of esters is 1. The molecule has 1 aromatic carbocycles. The summed E-state index contributed by atoms with van der Waals surface area (Å²) >= 11 is 0. The Morgan fingerprint density at radius 3 is 2.48 bits per heavy atom. The first-order valence-electron chi connectivity index (χ1n) is 8.26. The van der Waals surface area contributed by atoms with E-state index in [1.165, 1.54) is 17.5 Å². The number of methoxy groups -OCH3 is 1. The fraction of sp³-hybridized carbons (Fsp3) is 0.500. The molecule has 1 atom stereocenters. The van der Waals surface area contributed by atoms with E-state index in [1.54, 1.807) is 13.8 Å². The molecule has 0 aliphatic carbocycles. The number of rotatable bonds is 11. The minimum Gasteiger partial charge on any atom is -0.468 e. The van der Waals surface area contributed by atoms with E-state index in [4.69, 9.17) is 4.74 Å². The predicted molar refractivity (Wildman–Crippen MR) is 99.5 cm³/mol. The summed E-state index contributed by atoms with van der Waals surface area (Å²) in [5.74, 6) is -0.870. The van der Waals surface area contributed by atoms with Gasteiger partial charge in [-0.15, -0.1) is 6.58 Å². The Bertz CT molecular complexity index is 644. The zero-order chi connectivity index (χ0) is 18.9. The number of sulfonamides is 1. The van der Waals surface area contributed by atoms with Gasteiger partial charge >= 0.3 is 5.97 Å². The third-order valence-electron chi connectivity index (χ3n) is 3.76. The Morgan fingerprint density at radius 2 is 1.96 bits per heavy atom. The lowest BCUT2D eigenvalue weighted by molar-refractivity contribution is -0.146. The summed E-state index contributed by atoms with van der Waals surface area (Å²) < 4.78 is 31.4. The fourth-order valence-corrected chi connectivity index (χ4v) is 4.16. The normalized spacial score (nSPS) is 13.0. The predicted octanol–water partition coefficient (Wildman–Crippen LogP) is 1.79. The lowest BCUT2D eigenvalue weighted by Gasteiger charge is -2.30. The van der Waals surface area contributed by atoms with Gasteiger partial charge in [0.2, 0.25) is 10.0 Å². The highest BCUT2D eigenvalue weighted by molar-refractivity contribution is 7.89. The van der Waals surface area contributed by atoms with Crippen molar-refractivity contribution in [3.63, 3.8) is 0 Å². The van der Waals surface area contributed by atoms with E-state index in [9.17, 15) is 13.2 Å². The second-order valence-corrected chi connectivity index (χ2v) is 8.09. The van der Waals surface area contributed by atoms with E-state index in [1.807, 2.05) is 30.3 Å². The Kier molecular flexibility index (Phi) is 8.82. The summed E-state index contributed by atoms with van der Waals surface area (Å²) in [6.45, 7) is 8.13. The molecule has 0 aliphatic heterocycles. The number of hydrogen-bond donors (Lipinski definition) is 1. The van der Waals surface area contributed by atoms with Crippen LogP contribution in [-0.4, -0.2) is 50.7 Å². The summed E-state index contributed by atoms with van der Waals surface area (Å²) in [6, 6.07) is 8.88. The van der Waals surface area contributed by atoms with Crippen LogP contribution in [-0.2, 0) is 26.1 Å². The van der Waals surface area contributed by atoms with Gasteiger partial charge in [0, 0.05) is 19.6 Å². The van der Waals surface area contributed by atoms with Crippen LogP contribution in [0.15, 0.2) is 43.0 Å². The largest absolute Gasteiger partial charge is 0.468 e. The van der Waals surface area contributed by atoms with Crippen molar-refractivity contribution in [1.82, 2.24) is 9.62 Å². The maximum absolute atomic E-state index is 12.7. The van der Waals surface area contributed by atoms with Gasteiger partial charge in [0.1, 0.15) is 6.04 Å². The van der Waals surface area contributed by atoms with E-state index in [2.05, 4.69) is 11.9 Å². The Hall–Kier alpha value is -1.70. The van der Waals surface area contributed by atoms with Crippen molar-refractivity contribution in [2.24, 2.45) is 5.92 Å². The van der Waals surface area contributed by atoms with Gasteiger partial charge in [-0.3, -0.25) is 4.79 Å². The molecule has 1 aromatic rings. The number of carbonyl (C=O) groups is 1. The average molecular weight is 368 g/mol. The number of benzene rings is 1. The van der Waals surface area contributed by atoms with E-state index in [0.29, 0.717) is 6.54 Å². The summed E-state index contributed by atoms with van der Waals surface area (Å²) in [5, 5.41) is 3.12. The monoisotopic (exact) mass is 368 g/mol. The van der Waals surface area contributed by atoms with Gasteiger partial charge in [0.05, 0.1) is 12.9 Å². The van der Waals surface area contributed by atoms with E-state index < -0.39 is 22.0 Å². The maximum atomic E-state index is 12.7. The molecule has 0 bridgehead atoms. The second kappa shape index (κ2) is 10.3. The minimum atomic E-state index is -3.64. The van der Waals surface area contributed by atoms with Crippen LogP contribution in [0.1, 0.15) is 19.4 Å². The minimum absolute atomic E-state index is 0.0684. The molecule has 0 amide bonds.